The van der Waals surface area contributed by atoms with Crippen LogP contribution in [0.1, 0.15) is 44.1 Å². The van der Waals surface area contributed by atoms with Crippen molar-refractivity contribution in [2.75, 3.05) is 11.9 Å². The molecule has 1 unspecified atom stereocenters. The van der Waals surface area contributed by atoms with Crippen LogP contribution in [-0.4, -0.2) is 28.5 Å². The number of ether oxygens (including phenoxy) is 1. The van der Waals surface area contributed by atoms with E-state index in [1.54, 1.807) is 6.20 Å². The van der Waals surface area contributed by atoms with E-state index in [2.05, 4.69) is 21.4 Å². The lowest BCUT2D eigenvalue weighted by Gasteiger charge is -2.26. The van der Waals surface area contributed by atoms with Gasteiger partial charge in [-0.2, -0.15) is 0 Å². The van der Waals surface area contributed by atoms with Crippen molar-refractivity contribution in [2.45, 2.75) is 44.8 Å². The summed E-state index contributed by atoms with van der Waals surface area (Å²) in [5, 5.41) is 12.2. The Kier molecular flexibility index (Phi) is 5.07. The lowest BCUT2D eigenvalue weighted by atomic mass is 9.99. The Morgan fingerprint density at radius 1 is 1.23 bits per heavy atom. The number of hydrogen-bond donors (Lipinski definition) is 2. The second-order valence-electron chi connectivity index (χ2n) is 6.85. The van der Waals surface area contributed by atoms with E-state index in [-0.39, 0.29) is 6.23 Å². The predicted octanol–water partition coefficient (Wildman–Crippen LogP) is 4.56. The molecule has 0 amide bonds. The lowest BCUT2D eigenvalue weighted by Crippen LogP contribution is -2.28. The predicted molar refractivity (Wildman–Crippen MR) is 103 cm³/mol. The average Bonchev–Trinajstić information content (AvgIpc) is 3.24. The summed E-state index contributed by atoms with van der Waals surface area (Å²) in [6.07, 6.45) is 14.0. The number of pyridine rings is 2. The van der Waals surface area contributed by atoms with E-state index in [0.717, 1.165) is 73.2 Å². The van der Waals surface area contributed by atoms with Crippen LogP contribution in [0.2, 0.25) is 0 Å². The number of nitrogens with one attached hydrogen (secondary N) is 2. The molecule has 134 valence electrons. The van der Waals surface area contributed by atoms with Crippen LogP contribution in [0.15, 0.2) is 48.4 Å². The molecule has 0 aromatic carbocycles. The van der Waals surface area contributed by atoms with Gasteiger partial charge in [-0.25, -0.2) is 0 Å². The third-order valence-corrected chi connectivity index (χ3v) is 4.99. The molecule has 0 spiro atoms. The molecule has 0 bridgehead atoms. The van der Waals surface area contributed by atoms with Gasteiger partial charge in [0.1, 0.15) is 6.23 Å². The zero-order chi connectivity index (χ0) is 17.8. The molecule has 5 nitrogen and oxygen atoms in total. The van der Waals surface area contributed by atoms with Crippen LogP contribution in [0.25, 0.3) is 11.3 Å². The number of anilines is 1. The van der Waals surface area contributed by atoms with Crippen molar-refractivity contribution in [1.82, 2.24) is 9.97 Å². The van der Waals surface area contributed by atoms with Crippen molar-refractivity contribution in [3.05, 3.63) is 54.0 Å². The maximum atomic E-state index is 8.75. The Morgan fingerprint density at radius 3 is 2.92 bits per heavy atom. The molecule has 3 heterocycles. The Hall–Kier alpha value is -2.53. The highest BCUT2D eigenvalue weighted by atomic mass is 16.5. The number of aromatic nitrogens is 2. The van der Waals surface area contributed by atoms with Crippen molar-refractivity contribution in [3.63, 3.8) is 0 Å². The fraction of sp³-hybridized carbons (Fsp3) is 0.381. The van der Waals surface area contributed by atoms with Crippen LogP contribution in [0.4, 0.5) is 5.69 Å². The molecule has 2 N–H and O–H groups in total. The second-order valence-corrected chi connectivity index (χ2v) is 6.85. The molecule has 26 heavy (non-hydrogen) atoms. The molecule has 2 aromatic heterocycles. The molecule has 1 saturated heterocycles. The summed E-state index contributed by atoms with van der Waals surface area (Å²) in [5.74, 6) is 0. The van der Waals surface area contributed by atoms with Gasteiger partial charge < -0.3 is 10.1 Å². The van der Waals surface area contributed by atoms with Crippen molar-refractivity contribution in [2.24, 2.45) is 0 Å². The van der Waals surface area contributed by atoms with Crippen LogP contribution in [0.3, 0.4) is 0 Å². The van der Waals surface area contributed by atoms with Crippen LogP contribution in [0, 0.1) is 5.41 Å². The van der Waals surface area contributed by atoms with E-state index in [4.69, 9.17) is 10.1 Å². The van der Waals surface area contributed by atoms with Gasteiger partial charge in [-0.15, -0.1) is 0 Å². The molecule has 4 rings (SSSR count). The molecule has 0 saturated carbocycles. The minimum Gasteiger partial charge on any atom is -0.359 e. The molecule has 0 radical (unpaired) electrons. The van der Waals surface area contributed by atoms with Gasteiger partial charge in [-0.05, 0) is 62.3 Å². The van der Waals surface area contributed by atoms with Crippen molar-refractivity contribution in [1.29, 1.82) is 5.41 Å². The molecule has 1 aliphatic heterocycles. The zero-order valence-electron chi connectivity index (χ0n) is 14.9. The minimum atomic E-state index is -0.00102. The van der Waals surface area contributed by atoms with E-state index < -0.39 is 0 Å². The van der Waals surface area contributed by atoms with Gasteiger partial charge in [0.15, 0.2) is 0 Å². The fourth-order valence-electron chi connectivity index (χ4n) is 3.55. The van der Waals surface area contributed by atoms with Crippen LogP contribution in [0.5, 0.6) is 0 Å². The van der Waals surface area contributed by atoms with Gasteiger partial charge in [0.05, 0.1) is 23.3 Å². The van der Waals surface area contributed by atoms with Crippen LogP contribution in [-0.2, 0) is 4.74 Å². The lowest BCUT2D eigenvalue weighted by molar-refractivity contribution is 0.0343. The highest BCUT2D eigenvalue weighted by Crippen LogP contribution is 2.29. The fourth-order valence-corrected chi connectivity index (χ4v) is 3.55. The highest BCUT2D eigenvalue weighted by Gasteiger charge is 2.20. The largest absolute Gasteiger partial charge is 0.359 e. The van der Waals surface area contributed by atoms with Crippen molar-refractivity contribution < 1.29 is 4.74 Å². The first-order chi connectivity index (χ1) is 12.8. The summed E-state index contributed by atoms with van der Waals surface area (Å²) in [5.41, 5.74) is 5.28. The zero-order valence-corrected chi connectivity index (χ0v) is 14.9. The smallest absolute Gasteiger partial charge is 0.127 e. The van der Waals surface area contributed by atoms with Gasteiger partial charge in [0, 0.05) is 30.1 Å². The first-order valence-electron chi connectivity index (χ1n) is 9.38. The summed E-state index contributed by atoms with van der Waals surface area (Å²) < 4.78 is 5.82. The van der Waals surface area contributed by atoms with E-state index in [1.807, 2.05) is 30.6 Å². The standard InChI is InChI=1S/C21H24N4O/c22-21(15-6-1-2-7-15)17-12-18(16-8-5-10-23-13-16)24-14-19(17)25-20-9-3-4-11-26-20/h5-6,8,10,12-14,20,22,25H,1-4,7,9,11H2. The molecule has 1 atom stereocenters. The number of hydrogen-bond acceptors (Lipinski definition) is 5. The molecule has 2 aliphatic rings. The topological polar surface area (TPSA) is 70.9 Å². The number of rotatable bonds is 5. The molecule has 1 fully saturated rings. The number of allylic oxidation sites excluding steroid dienone is 2. The minimum absolute atomic E-state index is 0.00102. The van der Waals surface area contributed by atoms with Crippen LogP contribution >= 0.6 is 0 Å². The summed E-state index contributed by atoms with van der Waals surface area (Å²) >= 11 is 0. The Balaban J connectivity index is 1.68. The summed E-state index contributed by atoms with van der Waals surface area (Å²) in [6, 6.07) is 5.90. The van der Waals surface area contributed by atoms with E-state index in [0.29, 0.717) is 5.71 Å². The SMILES string of the molecule is N=C(C1=CCCC1)c1cc(-c2cccnc2)ncc1NC1CCCCO1. The highest BCUT2D eigenvalue weighted by molar-refractivity contribution is 6.14. The molecular formula is C21H24N4O. The first-order valence-corrected chi connectivity index (χ1v) is 9.38. The van der Waals surface area contributed by atoms with Crippen molar-refractivity contribution in [3.8, 4) is 11.3 Å². The van der Waals surface area contributed by atoms with Gasteiger partial charge in [0.2, 0.25) is 0 Å². The molecule has 5 heteroatoms. The Labute approximate surface area is 154 Å². The normalized spacial score (nSPS) is 19.8. The second kappa shape index (κ2) is 7.79. The quantitative estimate of drug-likeness (QED) is 0.777. The molecule has 2 aromatic rings. The summed E-state index contributed by atoms with van der Waals surface area (Å²) in [7, 11) is 0. The Bertz CT molecular complexity index is 810. The summed E-state index contributed by atoms with van der Waals surface area (Å²) in [4.78, 5) is 8.80. The van der Waals surface area contributed by atoms with E-state index in [1.165, 1.54) is 0 Å². The maximum Gasteiger partial charge on any atom is 0.127 e. The van der Waals surface area contributed by atoms with Crippen LogP contribution < -0.4 is 5.32 Å². The average molecular weight is 348 g/mol. The molecule has 1 aliphatic carbocycles. The van der Waals surface area contributed by atoms with Gasteiger partial charge in [0.25, 0.3) is 0 Å². The van der Waals surface area contributed by atoms with Gasteiger partial charge in [-0.1, -0.05) is 6.08 Å². The monoisotopic (exact) mass is 348 g/mol. The Morgan fingerprint density at radius 2 is 2.19 bits per heavy atom. The van der Waals surface area contributed by atoms with E-state index >= 15 is 0 Å². The molecular weight excluding hydrogens is 324 g/mol. The van der Waals surface area contributed by atoms with Crippen molar-refractivity contribution >= 4 is 11.4 Å². The third kappa shape index (κ3) is 3.68. The maximum absolute atomic E-state index is 8.75. The third-order valence-electron chi connectivity index (χ3n) is 4.99. The first kappa shape index (κ1) is 16.9. The number of nitrogens with zero attached hydrogens (tertiary/aromatic N) is 2. The van der Waals surface area contributed by atoms with E-state index in [9.17, 15) is 0 Å². The summed E-state index contributed by atoms with van der Waals surface area (Å²) in [6.45, 7) is 0.788. The van der Waals surface area contributed by atoms with Gasteiger partial charge in [-0.3, -0.25) is 15.4 Å². The van der Waals surface area contributed by atoms with Gasteiger partial charge >= 0.3 is 0 Å².